The molecule has 0 unspecified atom stereocenters. The number of carbonyl (C=O) groups is 1. The van der Waals surface area contributed by atoms with Crippen LogP contribution in [0.15, 0.2) is 16.7 Å². The van der Waals surface area contributed by atoms with E-state index in [-0.39, 0.29) is 36.3 Å². The number of nitrogens with two attached hydrogens (primary N) is 1. The molecular formula is C10H13BrN4O3S. The van der Waals surface area contributed by atoms with Crippen molar-refractivity contribution in [3.8, 4) is 0 Å². The van der Waals surface area contributed by atoms with E-state index in [1.807, 2.05) is 0 Å². The van der Waals surface area contributed by atoms with E-state index in [1.54, 1.807) is 6.07 Å². The van der Waals surface area contributed by atoms with E-state index in [1.165, 1.54) is 11.1 Å². The van der Waals surface area contributed by atoms with Gasteiger partial charge in [0.1, 0.15) is 0 Å². The summed E-state index contributed by atoms with van der Waals surface area (Å²) in [5.74, 6) is 5.28. The van der Waals surface area contributed by atoms with Gasteiger partial charge in [0.2, 0.25) is 0 Å². The van der Waals surface area contributed by atoms with Gasteiger partial charge in [-0.1, -0.05) is 0 Å². The first-order chi connectivity index (χ1) is 8.93. The molecule has 1 saturated heterocycles. The zero-order valence-electron chi connectivity index (χ0n) is 9.97. The van der Waals surface area contributed by atoms with Gasteiger partial charge in [0.25, 0.3) is 5.91 Å². The van der Waals surface area contributed by atoms with Gasteiger partial charge in [-0.25, -0.2) is 19.2 Å². The molecule has 2 rings (SSSR count). The lowest BCUT2D eigenvalue weighted by Gasteiger charge is -2.27. The summed E-state index contributed by atoms with van der Waals surface area (Å²) < 4.78 is 23.3. The molecule has 1 fully saturated rings. The van der Waals surface area contributed by atoms with Gasteiger partial charge in [-0.3, -0.25) is 4.79 Å². The molecule has 1 aliphatic rings. The minimum atomic E-state index is -3.01. The number of carbonyl (C=O) groups excluding carboxylic acids is 1. The Morgan fingerprint density at radius 3 is 2.63 bits per heavy atom. The molecule has 3 N–H and O–H groups in total. The number of pyridine rings is 1. The Balaban J connectivity index is 2.23. The van der Waals surface area contributed by atoms with Crippen LogP contribution in [0.3, 0.4) is 0 Å². The number of sulfone groups is 1. The predicted octanol–water partition coefficient (Wildman–Crippen LogP) is 0.000300. The fourth-order valence-electron chi connectivity index (χ4n) is 1.80. The van der Waals surface area contributed by atoms with Crippen LogP contribution in [0.4, 0.5) is 5.82 Å². The van der Waals surface area contributed by atoms with Gasteiger partial charge in [-0.2, -0.15) is 0 Å². The summed E-state index contributed by atoms with van der Waals surface area (Å²) in [6, 6.07) is 1.60. The lowest BCUT2D eigenvalue weighted by molar-refractivity contribution is 0.0771. The molecule has 1 aliphatic heterocycles. The summed E-state index contributed by atoms with van der Waals surface area (Å²) in [5, 5.41) is 0. The highest BCUT2D eigenvalue weighted by molar-refractivity contribution is 9.10. The third-order valence-electron chi connectivity index (χ3n) is 2.85. The number of rotatable bonds is 2. The molecule has 104 valence electrons. The maximum atomic E-state index is 12.3. The predicted molar refractivity (Wildman–Crippen MR) is 74.3 cm³/mol. The molecule has 1 amide bonds. The van der Waals surface area contributed by atoms with E-state index < -0.39 is 9.84 Å². The summed E-state index contributed by atoms with van der Waals surface area (Å²) in [6.07, 6.45) is 1.52. The number of hydrogen-bond acceptors (Lipinski definition) is 6. The zero-order chi connectivity index (χ0) is 14.0. The van der Waals surface area contributed by atoms with Crippen LogP contribution in [0.25, 0.3) is 0 Å². The fourth-order valence-corrected chi connectivity index (χ4v) is 3.34. The van der Waals surface area contributed by atoms with Crippen LogP contribution < -0.4 is 11.3 Å². The average Bonchev–Trinajstić information content (AvgIpc) is 2.38. The second-order valence-electron chi connectivity index (χ2n) is 4.14. The summed E-state index contributed by atoms with van der Waals surface area (Å²) in [4.78, 5) is 17.8. The van der Waals surface area contributed by atoms with Crippen molar-refractivity contribution in [3.63, 3.8) is 0 Å². The molecular weight excluding hydrogens is 336 g/mol. The zero-order valence-corrected chi connectivity index (χ0v) is 12.4. The quantitative estimate of drug-likeness (QED) is 0.575. The Kier molecular flexibility index (Phi) is 4.07. The van der Waals surface area contributed by atoms with Gasteiger partial charge in [0, 0.05) is 23.8 Å². The summed E-state index contributed by atoms with van der Waals surface area (Å²) in [6.45, 7) is 0.384. The number of halogens is 1. The Morgan fingerprint density at radius 1 is 1.42 bits per heavy atom. The number of hydrogen-bond donors (Lipinski definition) is 2. The van der Waals surface area contributed by atoms with E-state index >= 15 is 0 Å². The largest absolute Gasteiger partial charge is 0.336 e. The second kappa shape index (κ2) is 5.43. The number of amides is 1. The number of hydrazine groups is 1. The molecule has 1 aromatic heterocycles. The monoisotopic (exact) mass is 348 g/mol. The SMILES string of the molecule is NNc1ncc(Br)cc1C(=O)N1CCS(=O)(=O)CC1. The third kappa shape index (κ3) is 3.23. The molecule has 0 spiro atoms. The van der Waals surface area contributed by atoms with Crippen molar-refractivity contribution in [3.05, 3.63) is 22.3 Å². The van der Waals surface area contributed by atoms with Gasteiger partial charge in [-0.05, 0) is 22.0 Å². The summed E-state index contributed by atoms with van der Waals surface area (Å²) in [5.41, 5.74) is 2.68. The highest BCUT2D eigenvalue weighted by Gasteiger charge is 2.27. The molecule has 0 radical (unpaired) electrons. The van der Waals surface area contributed by atoms with Crippen LogP contribution in [-0.2, 0) is 9.84 Å². The Bertz CT molecular complexity index is 591. The van der Waals surface area contributed by atoms with Crippen LogP contribution in [0.2, 0.25) is 0 Å². The van der Waals surface area contributed by atoms with E-state index in [9.17, 15) is 13.2 Å². The van der Waals surface area contributed by atoms with Crippen LogP contribution in [-0.4, -0.2) is 48.8 Å². The second-order valence-corrected chi connectivity index (χ2v) is 7.36. The van der Waals surface area contributed by atoms with Gasteiger partial charge in [0.05, 0.1) is 17.1 Å². The summed E-state index contributed by atoms with van der Waals surface area (Å²) >= 11 is 3.24. The van der Waals surface area contributed by atoms with E-state index in [0.29, 0.717) is 10.0 Å². The lowest BCUT2D eigenvalue weighted by Crippen LogP contribution is -2.44. The molecule has 0 bridgehead atoms. The molecule has 0 aliphatic carbocycles. The first-order valence-electron chi connectivity index (χ1n) is 5.55. The Labute approximate surface area is 119 Å². The molecule has 2 heterocycles. The number of aromatic nitrogens is 1. The highest BCUT2D eigenvalue weighted by Crippen LogP contribution is 2.20. The molecule has 0 atom stereocenters. The van der Waals surface area contributed by atoms with Gasteiger partial charge in [-0.15, -0.1) is 0 Å². The molecule has 9 heteroatoms. The smallest absolute Gasteiger partial charge is 0.257 e. The van der Waals surface area contributed by atoms with E-state index in [2.05, 4.69) is 26.3 Å². The van der Waals surface area contributed by atoms with Crippen LogP contribution in [0.1, 0.15) is 10.4 Å². The van der Waals surface area contributed by atoms with E-state index in [4.69, 9.17) is 5.84 Å². The number of nitrogen functional groups attached to an aromatic ring is 1. The van der Waals surface area contributed by atoms with Crippen molar-refractivity contribution < 1.29 is 13.2 Å². The minimum Gasteiger partial charge on any atom is -0.336 e. The van der Waals surface area contributed by atoms with Crippen molar-refractivity contribution in [2.75, 3.05) is 30.0 Å². The van der Waals surface area contributed by atoms with Crippen molar-refractivity contribution >= 4 is 37.5 Å². The topological polar surface area (TPSA) is 105 Å². The van der Waals surface area contributed by atoms with E-state index in [0.717, 1.165) is 0 Å². The lowest BCUT2D eigenvalue weighted by atomic mass is 10.2. The molecule has 19 heavy (non-hydrogen) atoms. The van der Waals surface area contributed by atoms with Crippen molar-refractivity contribution in [1.29, 1.82) is 0 Å². The normalized spacial score (nSPS) is 18.1. The Hall–Kier alpha value is -1.19. The van der Waals surface area contributed by atoms with Crippen LogP contribution in [0, 0.1) is 0 Å². The van der Waals surface area contributed by atoms with Crippen molar-refractivity contribution in [1.82, 2.24) is 9.88 Å². The molecule has 0 saturated carbocycles. The van der Waals surface area contributed by atoms with Crippen molar-refractivity contribution in [2.45, 2.75) is 0 Å². The van der Waals surface area contributed by atoms with Crippen LogP contribution >= 0.6 is 15.9 Å². The number of nitrogens with one attached hydrogen (secondary N) is 1. The maximum absolute atomic E-state index is 12.3. The number of anilines is 1. The van der Waals surface area contributed by atoms with Gasteiger partial charge >= 0.3 is 0 Å². The number of nitrogens with zero attached hydrogens (tertiary/aromatic N) is 2. The first-order valence-corrected chi connectivity index (χ1v) is 8.16. The average molecular weight is 349 g/mol. The fraction of sp³-hybridized carbons (Fsp3) is 0.400. The maximum Gasteiger partial charge on any atom is 0.257 e. The standard InChI is InChI=1S/C10H13BrN4O3S/c11-7-5-8(9(14-12)13-6-7)10(16)15-1-3-19(17,18)4-2-15/h5-6H,1-4,12H2,(H,13,14). The van der Waals surface area contributed by atoms with Gasteiger partial charge < -0.3 is 10.3 Å². The van der Waals surface area contributed by atoms with Gasteiger partial charge in [0.15, 0.2) is 15.7 Å². The summed E-state index contributed by atoms with van der Waals surface area (Å²) in [7, 11) is -3.01. The first kappa shape index (κ1) is 14.2. The Morgan fingerprint density at radius 2 is 2.05 bits per heavy atom. The van der Waals surface area contributed by atoms with Crippen LogP contribution in [0.5, 0.6) is 0 Å². The third-order valence-corrected chi connectivity index (χ3v) is 4.90. The van der Waals surface area contributed by atoms with Crippen molar-refractivity contribution in [2.24, 2.45) is 5.84 Å². The minimum absolute atomic E-state index is 0.00837. The molecule has 0 aromatic carbocycles. The highest BCUT2D eigenvalue weighted by atomic mass is 79.9. The molecule has 7 nitrogen and oxygen atoms in total. The molecule has 1 aromatic rings.